The van der Waals surface area contributed by atoms with E-state index in [4.69, 9.17) is 10.1 Å². The van der Waals surface area contributed by atoms with Gasteiger partial charge in [0.05, 0.1) is 0 Å². The largest absolute Gasteiger partial charge is 0.454 e. The van der Waals surface area contributed by atoms with E-state index in [1.165, 1.54) is 7.48 Å². The molecule has 0 bridgehead atoms. The molecule has 0 spiro atoms. The van der Waals surface area contributed by atoms with Crippen LogP contribution in [0.4, 0.5) is 0 Å². The van der Waals surface area contributed by atoms with Crippen molar-refractivity contribution in [2.75, 3.05) is 6.61 Å². The Balaban J connectivity index is 2.17. The maximum absolute atomic E-state index is 8.78. The van der Waals surface area contributed by atoms with Crippen molar-refractivity contribution in [3.8, 4) is 0 Å². The third-order valence-electron chi connectivity index (χ3n) is 2.36. The van der Waals surface area contributed by atoms with Gasteiger partial charge in [0, 0.05) is 6.61 Å². The van der Waals surface area contributed by atoms with Crippen LogP contribution in [0.1, 0.15) is 25.7 Å². The van der Waals surface area contributed by atoms with Crippen molar-refractivity contribution in [1.29, 1.82) is 0 Å². The van der Waals surface area contributed by atoms with Crippen molar-refractivity contribution in [2.45, 2.75) is 31.5 Å². The fraction of sp³-hybridized carbons (Fsp3) is 1.00. The fourth-order valence-electron chi connectivity index (χ4n) is 1.52. The minimum atomic E-state index is 0.318. The first-order valence-corrected chi connectivity index (χ1v) is 3.95. The molecule has 3 heteroatoms. The first-order valence-electron chi connectivity index (χ1n) is 3.95. The minimum Gasteiger partial charge on any atom is -0.454 e. The van der Waals surface area contributed by atoms with E-state index in [2.05, 4.69) is 0 Å². The molecular formula is C7H14BO2. The first-order chi connectivity index (χ1) is 4.86. The van der Waals surface area contributed by atoms with Crippen LogP contribution >= 0.6 is 0 Å². The van der Waals surface area contributed by atoms with Crippen LogP contribution in [0.15, 0.2) is 0 Å². The molecule has 0 aromatic carbocycles. The molecule has 0 atom stereocenters. The van der Waals surface area contributed by atoms with E-state index in [9.17, 15) is 0 Å². The van der Waals surface area contributed by atoms with E-state index in [0.29, 0.717) is 18.3 Å². The molecule has 1 rings (SSSR count). The summed E-state index contributed by atoms with van der Waals surface area (Å²) in [5, 5.41) is 17.4. The van der Waals surface area contributed by atoms with Crippen LogP contribution in [0.3, 0.4) is 0 Å². The van der Waals surface area contributed by atoms with E-state index in [1.807, 2.05) is 0 Å². The second-order valence-electron chi connectivity index (χ2n) is 3.11. The standard InChI is InChI=1S/C7H14BO2/c9-5-6-1-3-7(8-10)4-2-6/h6-7,9-10H,1-5H2. The second-order valence-corrected chi connectivity index (χ2v) is 3.11. The highest BCUT2D eigenvalue weighted by molar-refractivity contribution is 6.27. The smallest absolute Gasteiger partial charge is 0.290 e. The zero-order valence-corrected chi connectivity index (χ0v) is 6.16. The minimum absolute atomic E-state index is 0.318. The predicted octanol–water partition coefficient (Wildman–Crippen LogP) is 0.569. The molecule has 0 heterocycles. The average molecular weight is 141 g/mol. The van der Waals surface area contributed by atoms with Crippen LogP contribution in [0.2, 0.25) is 5.82 Å². The molecule has 0 aromatic heterocycles. The molecule has 0 unspecified atom stereocenters. The molecule has 10 heavy (non-hydrogen) atoms. The number of aliphatic hydroxyl groups excluding tert-OH is 1. The SMILES string of the molecule is O[B]C1CCC(CO)CC1. The molecule has 0 amide bonds. The Morgan fingerprint density at radius 3 is 2.20 bits per heavy atom. The van der Waals surface area contributed by atoms with Crippen LogP contribution in [0, 0.1) is 5.92 Å². The van der Waals surface area contributed by atoms with Gasteiger partial charge in [0.1, 0.15) is 0 Å². The van der Waals surface area contributed by atoms with E-state index in [-0.39, 0.29) is 0 Å². The summed E-state index contributed by atoms with van der Waals surface area (Å²) >= 11 is 0. The van der Waals surface area contributed by atoms with Crippen molar-refractivity contribution in [2.24, 2.45) is 5.92 Å². The van der Waals surface area contributed by atoms with Gasteiger partial charge in [-0.2, -0.15) is 0 Å². The van der Waals surface area contributed by atoms with Gasteiger partial charge in [-0.25, -0.2) is 0 Å². The Bertz CT molecular complexity index is 77.6. The molecule has 0 aliphatic heterocycles. The third kappa shape index (κ3) is 1.99. The van der Waals surface area contributed by atoms with E-state index in [0.717, 1.165) is 25.7 Å². The zero-order chi connectivity index (χ0) is 7.40. The van der Waals surface area contributed by atoms with Gasteiger partial charge in [0.25, 0.3) is 7.48 Å². The monoisotopic (exact) mass is 141 g/mol. The maximum atomic E-state index is 8.78. The van der Waals surface area contributed by atoms with Gasteiger partial charge < -0.3 is 10.1 Å². The van der Waals surface area contributed by atoms with Gasteiger partial charge in [-0.05, 0) is 24.6 Å². The highest BCUT2D eigenvalue weighted by Crippen LogP contribution is 2.30. The molecule has 1 fully saturated rings. The number of hydrogen-bond donors (Lipinski definition) is 2. The topological polar surface area (TPSA) is 40.5 Å². The zero-order valence-electron chi connectivity index (χ0n) is 6.16. The Hall–Kier alpha value is -0.0151. The van der Waals surface area contributed by atoms with E-state index >= 15 is 0 Å². The summed E-state index contributed by atoms with van der Waals surface area (Å²) < 4.78 is 0. The van der Waals surface area contributed by atoms with Crippen molar-refractivity contribution >= 4 is 7.48 Å². The summed E-state index contributed by atoms with van der Waals surface area (Å²) in [4.78, 5) is 0. The summed E-state index contributed by atoms with van der Waals surface area (Å²) in [6, 6.07) is 0. The molecule has 1 aliphatic carbocycles. The molecule has 0 aromatic rings. The van der Waals surface area contributed by atoms with E-state index < -0.39 is 0 Å². The number of aliphatic hydroxyl groups is 1. The maximum Gasteiger partial charge on any atom is 0.290 e. The second kappa shape index (κ2) is 3.99. The van der Waals surface area contributed by atoms with Gasteiger partial charge in [-0.3, -0.25) is 0 Å². The van der Waals surface area contributed by atoms with Gasteiger partial charge in [-0.1, -0.05) is 12.8 Å². The lowest BCUT2D eigenvalue weighted by molar-refractivity contribution is 0.188. The Labute approximate surface area is 62.5 Å². The van der Waals surface area contributed by atoms with Crippen molar-refractivity contribution in [1.82, 2.24) is 0 Å². The molecule has 1 radical (unpaired) electrons. The Kier molecular flexibility index (Phi) is 3.22. The Morgan fingerprint density at radius 2 is 1.80 bits per heavy atom. The van der Waals surface area contributed by atoms with Crippen molar-refractivity contribution < 1.29 is 10.1 Å². The van der Waals surface area contributed by atoms with Crippen molar-refractivity contribution in [3.05, 3.63) is 0 Å². The number of rotatable bonds is 2. The van der Waals surface area contributed by atoms with E-state index in [1.54, 1.807) is 0 Å². The van der Waals surface area contributed by atoms with Gasteiger partial charge >= 0.3 is 0 Å². The normalized spacial score (nSPS) is 33.8. The lowest BCUT2D eigenvalue weighted by Gasteiger charge is -2.24. The summed E-state index contributed by atoms with van der Waals surface area (Å²) in [5.41, 5.74) is 0. The van der Waals surface area contributed by atoms with Gasteiger partial charge in [0.15, 0.2) is 0 Å². The van der Waals surface area contributed by atoms with Crippen LogP contribution < -0.4 is 0 Å². The van der Waals surface area contributed by atoms with Crippen LogP contribution in [0.5, 0.6) is 0 Å². The lowest BCUT2D eigenvalue weighted by Crippen LogP contribution is -2.17. The van der Waals surface area contributed by atoms with Crippen molar-refractivity contribution in [3.63, 3.8) is 0 Å². The molecule has 1 saturated carbocycles. The highest BCUT2D eigenvalue weighted by Gasteiger charge is 2.20. The quantitative estimate of drug-likeness (QED) is 0.552. The third-order valence-corrected chi connectivity index (χ3v) is 2.36. The molecule has 0 saturated heterocycles. The molecular weight excluding hydrogens is 127 g/mol. The van der Waals surface area contributed by atoms with Crippen LogP contribution in [-0.2, 0) is 0 Å². The number of hydrogen-bond acceptors (Lipinski definition) is 2. The predicted molar refractivity (Wildman–Crippen MR) is 40.8 cm³/mol. The highest BCUT2D eigenvalue weighted by atomic mass is 16.3. The molecule has 57 valence electrons. The average Bonchev–Trinajstić information content (AvgIpc) is 2.05. The van der Waals surface area contributed by atoms with Crippen LogP contribution in [0.25, 0.3) is 0 Å². The lowest BCUT2D eigenvalue weighted by atomic mass is 9.68. The van der Waals surface area contributed by atoms with Crippen LogP contribution in [-0.4, -0.2) is 24.2 Å². The summed E-state index contributed by atoms with van der Waals surface area (Å²) in [6.07, 6.45) is 4.22. The fourth-order valence-corrected chi connectivity index (χ4v) is 1.52. The first kappa shape index (κ1) is 8.09. The molecule has 1 aliphatic rings. The summed E-state index contributed by atoms with van der Waals surface area (Å²) in [7, 11) is 1.30. The molecule has 2 nitrogen and oxygen atoms in total. The summed E-state index contributed by atoms with van der Waals surface area (Å²) in [5.74, 6) is 0.888. The summed E-state index contributed by atoms with van der Waals surface area (Å²) in [6.45, 7) is 0.318. The van der Waals surface area contributed by atoms with Gasteiger partial charge in [0.2, 0.25) is 0 Å². The Morgan fingerprint density at radius 1 is 1.20 bits per heavy atom. The molecule has 2 N–H and O–H groups in total. The van der Waals surface area contributed by atoms with Gasteiger partial charge in [-0.15, -0.1) is 0 Å².